The van der Waals surface area contributed by atoms with Crippen LogP contribution in [0.25, 0.3) is 16.3 Å². The van der Waals surface area contributed by atoms with Crippen LogP contribution in [0.3, 0.4) is 0 Å². The maximum Gasteiger partial charge on any atom is 0.270 e. The van der Waals surface area contributed by atoms with Gasteiger partial charge in [-0.05, 0) is 53.8 Å². The van der Waals surface area contributed by atoms with Crippen molar-refractivity contribution in [2.75, 3.05) is 6.54 Å². The van der Waals surface area contributed by atoms with Gasteiger partial charge in [-0.2, -0.15) is 5.10 Å². The lowest BCUT2D eigenvalue weighted by atomic mass is 10.1. The fraction of sp³-hybridized carbons (Fsp3) is 0.0909. The molecule has 2 aromatic carbocycles. The van der Waals surface area contributed by atoms with Gasteiger partial charge in [0.15, 0.2) is 0 Å². The van der Waals surface area contributed by atoms with Crippen LogP contribution in [-0.2, 0) is 6.42 Å². The van der Waals surface area contributed by atoms with E-state index >= 15 is 0 Å². The smallest absolute Gasteiger partial charge is 0.270 e. The average molecular weight is 408 g/mol. The Morgan fingerprint density at radius 3 is 2.54 bits per heavy atom. The molecule has 0 atom stereocenters. The Balaban J connectivity index is 1.58. The van der Waals surface area contributed by atoms with Crippen LogP contribution >= 0.6 is 22.9 Å². The number of carbonyl (C=O) groups excluding carboxylic acids is 1. The molecule has 0 fully saturated rings. The van der Waals surface area contributed by atoms with Gasteiger partial charge in [0.25, 0.3) is 5.91 Å². The van der Waals surface area contributed by atoms with Crippen molar-refractivity contribution in [3.8, 4) is 16.3 Å². The molecule has 0 aliphatic heterocycles. The molecule has 4 rings (SSSR count). The van der Waals surface area contributed by atoms with Gasteiger partial charge in [-0.3, -0.25) is 4.79 Å². The maximum absolute atomic E-state index is 12.9. The Kier molecular flexibility index (Phi) is 5.55. The molecule has 0 spiro atoms. The Hall–Kier alpha value is -2.89. The van der Waals surface area contributed by atoms with E-state index in [1.807, 2.05) is 53.9 Å². The van der Waals surface area contributed by atoms with Gasteiger partial charge in [-0.1, -0.05) is 48.0 Å². The van der Waals surface area contributed by atoms with E-state index in [0.29, 0.717) is 17.3 Å². The molecular formula is C22H18ClN3OS. The van der Waals surface area contributed by atoms with E-state index in [4.69, 9.17) is 11.6 Å². The highest BCUT2D eigenvalue weighted by atomic mass is 35.5. The Labute approximate surface area is 172 Å². The predicted octanol–water partition coefficient (Wildman–Crippen LogP) is 5.23. The molecule has 0 aliphatic rings. The van der Waals surface area contributed by atoms with Crippen LogP contribution in [0.2, 0.25) is 5.02 Å². The molecule has 0 saturated heterocycles. The molecular weight excluding hydrogens is 390 g/mol. The van der Waals surface area contributed by atoms with Crippen LogP contribution in [-0.4, -0.2) is 22.2 Å². The minimum Gasteiger partial charge on any atom is -0.350 e. The van der Waals surface area contributed by atoms with E-state index in [1.165, 1.54) is 5.56 Å². The van der Waals surface area contributed by atoms with Gasteiger partial charge in [-0.25, -0.2) is 4.68 Å². The predicted molar refractivity (Wildman–Crippen MR) is 114 cm³/mol. The van der Waals surface area contributed by atoms with Crippen molar-refractivity contribution in [1.29, 1.82) is 0 Å². The summed E-state index contributed by atoms with van der Waals surface area (Å²) in [5, 5.41) is 10.3. The molecule has 4 aromatic rings. The lowest BCUT2D eigenvalue weighted by Crippen LogP contribution is -2.27. The van der Waals surface area contributed by atoms with Crippen LogP contribution in [0.5, 0.6) is 0 Å². The summed E-state index contributed by atoms with van der Waals surface area (Å²) >= 11 is 7.60. The standard InChI is InChI=1S/C22H18ClN3OS/c23-17-8-10-18(11-9-17)26-20(15-19(25-26)21-7-4-14-28-21)22(27)24-13-12-16-5-2-1-3-6-16/h1-11,14-15H,12-13H2,(H,24,27). The van der Waals surface area contributed by atoms with Gasteiger partial charge in [0.05, 0.1) is 10.6 Å². The van der Waals surface area contributed by atoms with E-state index in [2.05, 4.69) is 22.5 Å². The van der Waals surface area contributed by atoms with E-state index in [0.717, 1.165) is 22.7 Å². The van der Waals surface area contributed by atoms with Crippen LogP contribution in [0.4, 0.5) is 0 Å². The van der Waals surface area contributed by atoms with E-state index in [9.17, 15) is 4.79 Å². The summed E-state index contributed by atoms with van der Waals surface area (Å²) in [4.78, 5) is 13.9. The highest BCUT2D eigenvalue weighted by molar-refractivity contribution is 7.13. The fourth-order valence-corrected chi connectivity index (χ4v) is 3.73. The largest absolute Gasteiger partial charge is 0.350 e. The second-order valence-electron chi connectivity index (χ2n) is 6.27. The number of nitrogens with zero attached hydrogens (tertiary/aromatic N) is 2. The van der Waals surface area contributed by atoms with E-state index in [1.54, 1.807) is 28.2 Å². The van der Waals surface area contributed by atoms with Gasteiger partial charge in [0.1, 0.15) is 11.4 Å². The lowest BCUT2D eigenvalue weighted by Gasteiger charge is -2.08. The first-order valence-corrected chi connectivity index (χ1v) is 10.2. The number of rotatable bonds is 6. The third-order valence-electron chi connectivity index (χ3n) is 4.33. The first kappa shape index (κ1) is 18.5. The molecule has 0 radical (unpaired) electrons. The highest BCUT2D eigenvalue weighted by Gasteiger charge is 2.18. The number of hydrogen-bond acceptors (Lipinski definition) is 3. The van der Waals surface area contributed by atoms with Gasteiger partial charge in [0.2, 0.25) is 0 Å². The van der Waals surface area contributed by atoms with Crippen LogP contribution in [0.15, 0.2) is 78.2 Å². The van der Waals surface area contributed by atoms with Crippen molar-refractivity contribution in [2.45, 2.75) is 6.42 Å². The number of hydrogen-bond donors (Lipinski definition) is 1. The van der Waals surface area contributed by atoms with Crippen LogP contribution in [0.1, 0.15) is 16.1 Å². The molecule has 2 aromatic heterocycles. The lowest BCUT2D eigenvalue weighted by molar-refractivity contribution is 0.0946. The summed E-state index contributed by atoms with van der Waals surface area (Å²) in [7, 11) is 0. The number of benzene rings is 2. The molecule has 6 heteroatoms. The topological polar surface area (TPSA) is 46.9 Å². The number of halogens is 1. The zero-order valence-electron chi connectivity index (χ0n) is 15.0. The van der Waals surface area contributed by atoms with Crippen LogP contribution < -0.4 is 5.32 Å². The highest BCUT2D eigenvalue weighted by Crippen LogP contribution is 2.26. The summed E-state index contributed by atoms with van der Waals surface area (Å²) in [6, 6.07) is 23.2. The number of aromatic nitrogens is 2. The van der Waals surface area contributed by atoms with Gasteiger partial charge in [0, 0.05) is 11.6 Å². The molecule has 0 unspecified atom stereocenters. The first-order chi connectivity index (χ1) is 13.7. The molecule has 28 heavy (non-hydrogen) atoms. The Morgan fingerprint density at radius 2 is 1.82 bits per heavy atom. The van der Waals surface area contributed by atoms with Crippen molar-refractivity contribution in [2.24, 2.45) is 0 Å². The van der Waals surface area contributed by atoms with Crippen molar-refractivity contribution < 1.29 is 4.79 Å². The van der Waals surface area contributed by atoms with Crippen molar-refractivity contribution in [3.05, 3.63) is 94.5 Å². The van der Waals surface area contributed by atoms with Crippen molar-refractivity contribution in [1.82, 2.24) is 15.1 Å². The minimum atomic E-state index is -0.152. The number of carbonyl (C=O) groups is 1. The molecule has 0 bridgehead atoms. The van der Waals surface area contributed by atoms with Gasteiger partial charge >= 0.3 is 0 Å². The number of amides is 1. The number of nitrogens with one attached hydrogen (secondary N) is 1. The molecule has 4 nitrogen and oxygen atoms in total. The molecule has 2 heterocycles. The summed E-state index contributed by atoms with van der Waals surface area (Å²) < 4.78 is 1.67. The average Bonchev–Trinajstić information content (AvgIpc) is 3.39. The quantitative estimate of drug-likeness (QED) is 0.476. The minimum absolute atomic E-state index is 0.152. The number of thiophene rings is 1. The SMILES string of the molecule is O=C(NCCc1ccccc1)c1cc(-c2cccs2)nn1-c1ccc(Cl)cc1. The van der Waals surface area contributed by atoms with Gasteiger partial charge < -0.3 is 5.32 Å². The van der Waals surface area contributed by atoms with Gasteiger partial charge in [-0.15, -0.1) is 11.3 Å². The summed E-state index contributed by atoms with van der Waals surface area (Å²) in [5.41, 5.74) is 3.26. The summed E-state index contributed by atoms with van der Waals surface area (Å²) in [6.07, 6.45) is 0.777. The monoisotopic (exact) mass is 407 g/mol. The third kappa shape index (κ3) is 4.16. The van der Waals surface area contributed by atoms with E-state index in [-0.39, 0.29) is 5.91 Å². The molecule has 140 valence electrons. The summed E-state index contributed by atoms with van der Waals surface area (Å²) in [5.74, 6) is -0.152. The zero-order chi connectivity index (χ0) is 19.3. The molecule has 0 aliphatic carbocycles. The Bertz CT molecular complexity index is 1060. The maximum atomic E-state index is 12.9. The zero-order valence-corrected chi connectivity index (χ0v) is 16.6. The van der Waals surface area contributed by atoms with Crippen molar-refractivity contribution in [3.63, 3.8) is 0 Å². The molecule has 0 saturated carbocycles. The van der Waals surface area contributed by atoms with Crippen molar-refractivity contribution >= 4 is 28.8 Å². The fourth-order valence-electron chi connectivity index (χ4n) is 2.92. The first-order valence-electron chi connectivity index (χ1n) is 8.93. The molecule has 1 amide bonds. The normalized spacial score (nSPS) is 10.8. The summed E-state index contributed by atoms with van der Waals surface area (Å²) in [6.45, 7) is 0.559. The second kappa shape index (κ2) is 8.42. The molecule has 1 N–H and O–H groups in total. The van der Waals surface area contributed by atoms with E-state index < -0.39 is 0 Å². The van der Waals surface area contributed by atoms with Crippen LogP contribution in [0, 0.1) is 0 Å². The Morgan fingerprint density at radius 1 is 1.04 bits per heavy atom. The second-order valence-corrected chi connectivity index (χ2v) is 7.66. The third-order valence-corrected chi connectivity index (χ3v) is 5.47.